The third-order valence-electron chi connectivity index (χ3n) is 3.75. The van der Waals surface area contributed by atoms with E-state index in [9.17, 15) is 79.0 Å². The molecule has 0 aliphatic carbocycles. The van der Waals surface area contributed by atoms with Gasteiger partial charge in [-0.1, -0.05) is 23.2 Å². The lowest BCUT2D eigenvalue weighted by atomic mass is 10.1. The molecule has 242 valence electrons. The Bertz CT molecular complexity index is 1100. The lowest BCUT2D eigenvalue weighted by molar-refractivity contribution is -0.0370. The minimum atomic E-state index is -6.06. The summed E-state index contributed by atoms with van der Waals surface area (Å²) >= 11 is 0.370. The smallest absolute Gasteiger partial charge is 0.249 e. The third kappa shape index (κ3) is 9.87. The fourth-order valence-electron chi connectivity index (χ4n) is 2.80. The normalized spacial score (nSPS) is 25.0. The Morgan fingerprint density at radius 2 is 0.643 bits per heavy atom. The number of aliphatic imine (C=N–C) groups is 2. The van der Waals surface area contributed by atoms with Crippen molar-refractivity contribution >= 4 is 104 Å². The van der Waals surface area contributed by atoms with E-state index in [0.29, 0.717) is 0 Å². The monoisotopic (exact) mass is 800 g/mol. The molecule has 0 bridgehead atoms. The van der Waals surface area contributed by atoms with Crippen LogP contribution in [-0.2, 0) is 0 Å². The van der Waals surface area contributed by atoms with Gasteiger partial charge < -0.3 is 0 Å². The zero-order valence-electron chi connectivity index (χ0n) is 17.9. The van der Waals surface area contributed by atoms with E-state index in [-0.39, 0.29) is 0 Å². The summed E-state index contributed by atoms with van der Waals surface area (Å²) in [7, 11) is 0. The van der Waals surface area contributed by atoms with E-state index in [0.717, 1.165) is 0 Å². The number of hydrogen-bond donors (Lipinski definition) is 0. The van der Waals surface area contributed by atoms with Gasteiger partial charge in [-0.25, -0.2) is 9.98 Å². The maximum absolute atomic E-state index is 13.8. The molecule has 0 radical (unpaired) electrons. The number of hydrogen-bond acceptors (Lipinski definition) is 8. The molecule has 2 aliphatic rings. The van der Waals surface area contributed by atoms with Gasteiger partial charge in [-0.2, -0.15) is 79.0 Å². The zero-order valence-corrected chi connectivity index (χ0v) is 24.3. The molecule has 42 heavy (non-hydrogen) atoms. The number of alkyl halides is 18. The van der Waals surface area contributed by atoms with Gasteiger partial charge >= 0.3 is 33.0 Å². The quantitative estimate of drug-likeness (QED) is 0.257. The molecule has 2 nitrogen and oxygen atoms in total. The maximum Gasteiger partial charge on any atom is 0.447 e. The molecule has 2 rings (SSSR count). The van der Waals surface area contributed by atoms with Crippen molar-refractivity contribution in [3.05, 3.63) is 19.9 Å². The molecule has 0 saturated carbocycles. The van der Waals surface area contributed by atoms with Crippen LogP contribution in [-0.4, -0.2) is 52.9 Å². The van der Waals surface area contributed by atoms with Crippen molar-refractivity contribution in [2.75, 3.05) is 0 Å². The number of nitrogens with zero attached hydrogens (tertiary/aromatic N) is 2. The minimum Gasteiger partial charge on any atom is -0.249 e. The molecule has 0 N–H and O–H groups in total. The van der Waals surface area contributed by atoms with Crippen LogP contribution in [0, 0.1) is 0 Å². The summed E-state index contributed by atoms with van der Waals surface area (Å²) in [5, 5.41) is -8.86. The van der Waals surface area contributed by atoms with Gasteiger partial charge in [0.2, 0.25) is 0 Å². The van der Waals surface area contributed by atoms with Gasteiger partial charge in [-0.3, -0.25) is 0 Å². The van der Waals surface area contributed by atoms with Gasteiger partial charge in [0.05, 0.1) is 19.9 Å². The molecule has 0 saturated heterocycles. The fraction of sp³-hybridized carbons (Fsp3) is 0.571. The van der Waals surface area contributed by atoms with Crippen molar-refractivity contribution in [3.8, 4) is 0 Å². The van der Waals surface area contributed by atoms with Gasteiger partial charge in [-0.15, -0.1) is 0 Å². The van der Waals surface area contributed by atoms with Crippen molar-refractivity contribution in [1.29, 1.82) is 0 Å². The van der Waals surface area contributed by atoms with E-state index in [1.807, 2.05) is 0 Å². The minimum absolute atomic E-state index is 1.71. The van der Waals surface area contributed by atoms with Gasteiger partial charge in [0.25, 0.3) is 0 Å². The van der Waals surface area contributed by atoms with Crippen LogP contribution < -0.4 is 0 Å². The van der Waals surface area contributed by atoms with Crippen LogP contribution in [0.2, 0.25) is 0 Å². The standard InChI is InChI=1S/C14Cl2F18N2S6/c15-3-1(37-9(17,18)19)5(39-11(23,24)25)35-7(3,41-13(29,30)31)8(42-14(32,33)34)4(16)2(38-10(20,21)22)6(36-8)40-12(26,27)28. The van der Waals surface area contributed by atoms with E-state index in [4.69, 9.17) is 23.2 Å². The average Bonchev–Trinajstić information content (AvgIpc) is 3.03. The summed E-state index contributed by atoms with van der Waals surface area (Å²) in [6.07, 6.45) is 0. The Labute approximate surface area is 254 Å². The summed E-state index contributed by atoms with van der Waals surface area (Å²) in [5.74, 6) is 0. The molecule has 0 fully saturated rings. The largest absolute Gasteiger partial charge is 0.447 e. The summed E-state index contributed by atoms with van der Waals surface area (Å²) in [6, 6.07) is 0. The maximum atomic E-state index is 13.8. The molecule has 0 aromatic rings. The van der Waals surface area contributed by atoms with Crippen molar-refractivity contribution in [1.82, 2.24) is 0 Å². The molecular weight excluding hydrogens is 801 g/mol. The molecular formula is C14Cl2F18N2S6. The van der Waals surface area contributed by atoms with Gasteiger partial charge in [-0.05, 0) is 47.0 Å². The third-order valence-corrected chi connectivity index (χ3v) is 10.8. The van der Waals surface area contributed by atoms with Gasteiger partial charge in [0.15, 0.2) is 9.74 Å². The number of rotatable bonds is 5. The summed E-state index contributed by atoms with van der Waals surface area (Å²) in [6.45, 7) is 0. The second-order valence-electron chi connectivity index (χ2n) is 6.69. The molecule has 2 heterocycles. The van der Waals surface area contributed by atoms with E-state index >= 15 is 0 Å². The lowest BCUT2D eigenvalue weighted by Crippen LogP contribution is -2.49. The molecule has 0 aromatic carbocycles. The Morgan fingerprint density at radius 1 is 0.405 bits per heavy atom. The van der Waals surface area contributed by atoms with Crippen LogP contribution in [0.25, 0.3) is 0 Å². The first-order chi connectivity index (χ1) is 18.3. The Morgan fingerprint density at radius 3 is 0.833 bits per heavy atom. The number of thioether (sulfide) groups is 6. The second kappa shape index (κ2) is 12.1. The first-order valence-corrected chi connectivity index (χ1v) is 14.5. The van der Waals surface area contributed by atoms with E-state index in [2.05, 4.69) is 9.98 Å². The van der Waals surface area contributed by atoms with Crippen molar-refractivity contribution in [3.63, 3.8) is 0 Å². The fourth-order valence-corrected chi connectivity index (χ4v) is 9.32. The highest BCUT2D eigenvalue weighted by Gasteiger charge is 2.71. The van der Waals surface area contributed by atoms with E-state index in [1.54, 1.807) is 0 Å². The van der Waals surface area contributed by atoms with Gasteiger partial charge in [0, 0.05) is 23.5 Å². The predicted molar refractivity (Wildman–Crippen MR) is 128 cm³/mol. The first-order valence-electron chi connectivity index (χ1n) is 8.87. The van der Waals surface area contributed by atoms with E-state index < -0.39 is 143 Å². The molecule has 0 spiro atoms. The van der Waals surface area contributed by atoms with Crippen molar-refractivity contribution in [2.45, 2.75) is 42.8 Å². The van der Waals surface area contributed by atoms with Crippen LogP contribution in [0.5, 0.6) is 0 Å². The zero-order chi connectivity index (χ0) is 33.1. The van der Waals surface area contributed by atoms with Crippen molar-refractivity contribution in [2.24, 2.45) is 9.98 Å². The van der Waals surface area contributed by atoms with Crippen molar-refractivity contribution < 1.29 is 79.0 Å². The van der Waals surface area contributed by atoms with Gasteiger partial charge in [0.1, 0.15) is 10.1 Å². The van der Waals surface area contributed by atoms with E-state index in [1.165, 1.54) is 0 Å². The highest BCUT2D eigenvalue weighted by molar-refractivity contribution is 8.19. The summed E-state index contributed by atoms with van der Waals surface area (Å²) in [4.78, 5) is -7.80. The lowest BCUT2D eigenvalue weighted by Gasteiger charge is -2.41. The summed E-state index contributed by atoms with van der Waals surface area (Å²) in [5.41, 5.74) is -35.0. The highest BCUT2D eigenvalue weighted by atomic mass is 35.5. The average molecular weight is 801 g/mol. The molecule has 2 aliphatic heterocycles. The SMILES string of the molecule is FC(F)(F)SC1=NC(SC(F)(F)F)(C2(SC(F)(F)F)N=C(SC(F)(F)F)C(SC(F)(F)F)=C2Cl)C(Cl)=C1SC(F)(F)F. The first kappa shape index (κ1) is 38.4. The molecule has 0 aromatic heterocycles. The molecule has 0 amide bonds. The van der Waals surface area contributed by atoms with Crippen LogP contribution in [0.15, 0.2) is 29.9 Å². The molecule has 2 unspecified atom stereocenters. The Balaban J connectivity index is 3.19. The Kier molecular flexibility index (Phi) is 11.1. The van der Waals surface area contributed by atoms with Crippen LogP contribution in [0.3, 0.4) is 0 Å². The Hall–Kier alpha value is 0.240. The topological polar surface area (TPSA) is 24.7 Å². The summed E-state index contributed by atoms with van der Waals surface area (Å²) < 4.78 is 241. The second-order valence-corrected chi connectivity index (χ2v) is 14.2. The predicted octanol–water partition coefficient (Wildman–Crippen LogP) is 11.6. The highest BCUT2D eigenvalue weighted by Crippen LogP contribution is 2.70. The van der Waals surface area contributed by atoms with Crippen LogP contribution in [0.4, 0.5) is 79.0 Å². The molecule has 28 heteroatoms. The number of halogens is 20. The van der Waals surface area contributed by atoms with Crippen LogP contribution in [0.1, 0.15) is 0 Å². The van der Waals surface area contributed by atoms with Crippen LogP contribution >= 0.6 is 93.8 Å². The molecule has 2 atom stereocenters.